The minimum Gasteiger partial charge on any atom is -0.481 e. The monoisotopic (exact) mass is 562 g/mol. The third-order valence-electron chi connectivity index (χ3n) is 7.32. The second kappa shape index (κ2) is 12.1. The van der Waals surface area contributed by atoms with Crippen LogP contribution >= 0.6 is 11.3 Å². The van der Waals surface area contributed by atoms with Gasteiger partial charge in [0.05, 0.1) is 12.1 Å². The van der Waals surface area contributed by atoms with Gasteiger partial charge in [0.25, 0.3) is 5.91 Å². The first-order chi connectivity index (χ1) is 19.7. The number of thiazole rings is 1. The number of nitrogens with zero attached hydrogens (tertiary/aromatic N) is 1. The Balaban J connectivity index is 1.42. The van der Waals surface area contributed by atoms with Crippen molar-refractivity contribution in [2.75, 3.05) is 6.54 Å². The molecule has 0 saturated carbocycles. The van der Waals surface area contributed by atoms with Gasteiger partial charge in [-0.3, -0.25) is 9.59 Å². The number of carbonyl (C=O) groups is 2. The molecule has 1 aromatic heterocycles. The molecule has 0 saturated heterocycles. The van der Waals surface area contributed by atoms with Crippen molar-refractivity contribution in [1.82, 2.24) is 10.3 Å². The lowest BCUT2D eigenvalue weighted by Gasteiger charge is -2.21. The van der Waals surface area contributed by atoms with Crippen molar-refractivity contribution < 1.29 is 14.7 Å². The predicted octanol–water partition coefficient (Wildman–Crippen LogP) is 7.84. The summed E-state index contributed by atoms with van der Waals surface area (Å²) in [5.41, 5.74) is 6.24. The molecule has 4 aromatic carbocycles. The number of hydrogen-bond acceptors (Lipinski definition) is 4. The van der Waals surface area contributed by atoms with Gasteiger partial charge in [-0.25, -0.2) is 4.98 Å². The topological polar surface area (TPSA) is 79.3 Å². The van der Waals surface area contributed by atoms with E-state index in [1.54, 1.807) is 23.5 Å². The maximum absolute atomic E-state index is 12.4. The van der Waals surface area contributed by atoms with Crippen molar-refractivity contribution in [3.63, 3.8) is 0 Å². The maximum Gasteiger partial charge on any atom is 0.305 e. The number of hydrogen-bond donors (Lipinski definition) is 2. The Morgan fingerprint density at radius 1 is 0.902 bits per heavy atom. The largest absolute Gasteiger partial charge is 0.481 e. The van der Waals surface area contributed by atoms with Crippen molar-refractivity contribution in [2.24, 2.45) is 0 Å². The second-order valence-electron chi connectivity index (χ2n) is 11.4. The van der Waals surface area contributed by atoms with E-state index in [1.807, 2.05) is 12.1 Å². The van der Waals surface area contributed by atoms with Crippen LogP contribution in [0.1, 0.15) is 65.2 Å². The molecule has 5 rings (SSSR count). The predicted molar refractivity (Wildman–Crippen MR) is 167 cm³/mol. The number of nitrogens with one attached hydrogen (secondary N) is 1. The van der Waals surface area contributed by atoms with Gasteiger partial charge < -0.3 is 10.4 Å². The highest BCUT2D eigenvalue weighted by Crippen LogP contribution is 2.35. The van der Waals surface area contributed by atoms with Gasteiger partial charge in [-0.1, -0.05) is 93.6 Å². The molecular formula is C35H34N2O3S. The number of rotatable bonds is 9. The zero-order valence-corrected chi connectivity index (χ0v) is 24.4. The number of benzene rings is 4. The molecule has 0 aliphatic carbocycles. The Kier molecular flexibility index (Phi) is 8.31. The van der Waals surface area contributed by atoms with Gasteiger partial charge in [-0.15, -0.1) is 11.3 Å². The number of carboxylic acids is 1. The summed E-state index contributed by atoms with van der Waals surface area (Å²) in [6.45, 7) is 6.76. The maximum atomic E-state index is 12.4. The van der Waals surface area contributed by atoms with E-state index in [0.717, 1.165) is 28.2 Å². The summed E-state index contributed by atoms with van der Waals surface area (Å²) in [6, 6.07) is 31.2. The summed E-state index contributed by atoms with van der Waals surface area (Å²) in [7, 11) is 0. The lowest BCUT2D eigenvalue weighted by Crippen LogP contribution is -2.25. The number of fused-ring (bicyclic) bond motifs is 1. The first kappa shape index (κ1) is 28.2. The zero-order chi connectivity index (χ0) is 29.0. The van der Waals surface area contributed by atoms with E-state index in [4.69, 9.17) is 10.1 Å². The minimum atomic E-state index is -0.937. The van der Waals surface area contributed by atoms with Crippen LogP contribution in [0.25, 0.3) is 22.0 Å². The van der Waals surface area contributed by atoms with Crippen molar-refractivity contribution in [2.45, 2.75) is 44.9 Å². The van der Waals surface area contributed by atoms with Crippen molar-refractivity contribution in [1.29, 1.82) is 0 Å². The smallest absolute Gasteiger partial charge is 0.305 e. The summed E-state index contributed by atoms with van der Waals surface area (Å²) in [4.78, 5) is 28.3. The van der Waals surface area contributed by atoms with Gasteiger partial charge >= 0.3 is 5.97 Å². The Morgan fingerprint density at radius 2 is 1.61 bits per heavy atom. The summed E-state index contributed by atoms with van der Waals surface area (Å²) >= 11 is 1.68. The second-order valence-corrected chi connectivity index (χ2v) is 12.2. The molecule has 6 heteroatoms. The highest BCUT2D eigenvalue weighted by molar-refractivity contribution is 7.10. The van der Waals surface area contributed by atoms with Gasteiger partial charge in [-0.2, -0.15) is 0 Å². The Labute approximate surface area is 244 Å². The molecule has 0 fully saturated rings. The lowest BCUT2D eigenvalue weighted by molar-refractivity contribution is -0.136. The summed E-state index contributed by atoms with van der Waals surface area (Å²) in [5, 5.41) is 17.1. The molecule has 1 unspecified atom stereocenters. The Morgan fingerprint density at radius 3 is 2.29 bits per heavy atom. The van der Waals surface area contributed by atoms with Crippen LogP contribution in [0.3, 0.4) is 0 Å². The van der Waals surface area contributed by atoms with Crippen LogP contribution in [0.4, 0.5) is 0 Å². The number of carbonyl (C=O) groups excluding carboxylic acids is 1. The van der Waals surface area contributed by atoms with Gasteiger partial charge in [0.15, 0.2) is 0 Å². The molecule has 2 N–H and O–H groups in total. The molecule has 0 aliphatic rings. The van der Waals surface area contributed by atoms with Crippen LogP contribution in [0.15, 0.2) is 96.4 Å². The number of carboxylic acid groups (broad SMARTS) is 1. The van der Waals surface area contributed by atoms with Crippen LogP contribution in [0.5, 0.6) is 0 Å². The molecule has 1 amide bonds. The summed E-state index contributed by atoms with van der Waals surface area (Å²) in [6.07, 6.45) is 0.634. The average molecular weight is 563 g/mol. The first-order valence-corrected chi connectivity index (χ1v) is 14.7. The summed E-state index contributed by atoms with van der Waals surface area (Å²) in [5.74, 6) is -1.15. The van der Waals surface area contributed by atoms with E-state index in [0.29, 0.717) is 5.56 Å². The summed E-state index contributed by atoms with van der Waals surface area (Å²) < 4.78 is 0. The minimum absolute atomic E-state index is 0.0541. The Bertz CT molecular complexity index is 1660. The molecule has 208 valence electrons. The molecular weight excluding hydrogens is 528 g/mol. The SMILES string of the molecule is CC(C)(C)c1ccc(C(Cc2ccc(C(=O)NCCC(=O)O)cc2)c2nc(-c3ccc4ccccc4c3)cs2)cc1. The fourth-order valence-corrected chi connectivity index (χ4v) is 5.86. The quantitative estimate of drug-likeness (QED) is 0.192. The van der Waals surface area contributed by atoms with Crippen molar-refractivity contribution in [3.05, 3.63) is 124 Å². The van der Waals surface area contributed by atoms with E-state index in [1.165, 1.54) is 21.9 Å². The molecule has 0 spiro atoms. The first-order valence-electron chi connectivity index (χ1n) is 13.8. The van der Waals surface area contributed by atoms with E-state index < -0.39 is 5.97 Å². The average Bonchev–Trinajstić information content (AvgIpc) is 3.45. The van der Waals surface area contributed by atoms with Gasteiger partial charge in [-0.05, 0) is 57.5 Å². The van der Waals surface area contributed by atoms with Gasteiger partial charge in [0.1, 0.15) is 5.01 Å². The fourth-order valence-electron chi connectivity index (χ4n) is 4.90. The number of aromatic nitrogens is 1. The molecule has 0 bridgehead atoms. The van der Waals surface area contributed by atoms with E-state index in [9.17, 15) is 9.59 Å². The molecule has 5 nitrogen and oxygen atoms in total. The van der Waals surface area contributed by atoms with Gasteiger partial charge in [0, 0.05) is 29.0 Å². The van der Waals surface area contributed by atoms with Crippen molar-refractivity contribution >= 4 is 34.0 Å². The zero-order valence-electron chi connectivity index (χ0n) is 23.6. The number of amides is 1. The van der Waals surface area contributed by atoms with Crippen LogP contribution in [0, 0.1) is 0 Å². The third-order valence-corrected chi connectivity index (χ3v) is 8.28. The number of aliphatic carboxylic acids is 1. The highest BCUT2D eigenvalue weighted by Gasteiger charge is 2.21. The van der Waals surface area contributed by atoms with E-state index in [2.05, 4.69) is 98.2 Å². The van der Waals surface area contributed by atoms with E-state index >= 15 is 0 Å². The van der Waals surface area contributed by atoms with E-state index in [-0.39, 0.29) is 30.2 Å². The van der Waals surface area contributed by atoms with Gasteiger partial charge in [0.2, 0.25) is 0 Å². The molecule has 0 radical (unpaired) electrons. The van der Waals surface area contributed by atoms with Crippen LogP contribution in [-0.2, 0) is 16.6 Å². The molecule has 0 aliphatic heterocycles. The lowest BCUT2D eigenvalue weighted by atomic mass is 9.84. The third kappa shape index (κ3) is 6.90. The molecule has 5 aromatic rings. The van der Waals surface area contributed by atoms with Crippen LogP contribution in [0.2, 0.25) is 0 Å². The fraction of sp³-hybridized carbons (Fsp3) is 0.229. The standard InChI is InChI=1S/C35H34N2O3S/c1-35(2,3)29-16-14-25(15-17-29)30(20-23-8-10-26(11-9-23)33(40)36-19-18-32(38)39)34-37-31(22-41-34)28-13-12-24-6-4-5-7-27(24)21-28/h4-17,21-22,30H,18-20H2,1-3H3,(H,36,40)(H,38,39). The molecule has 1 atom stereocenters. The van der Waals surface area contributed by atoms with Crippen LogP contribution < -0.4 is 5.32 Å². The molecule has 1 heterocycles. The van der Waals surface area contributed by atoms with Crippen LogP contribution in [-0.4, -0.2) is 28.5 Å². The highest BCUT2D eigenvalue weighted by atomic mass is 32.1. The molecule has 41 heavy (non-hydrogen) atoms. The Hall–Kier alpha value is -4.29. The van der Waals surface area contributed by atoms with Crippen molar-refractivity contribution in [3.8, 4) is 11.3 Å². The normalized spacial score (nSPS) is 12.3.